The summed E-state index contributed by atoms with van der Waals surface area (Å²) in [7, 11) is 1.55. The number of nitriles is 1. The zero-order valence-electron chi connectivity index (χ0n) is 17.3. The Hall–Kier alpha value is -2.33. The van der Waals surface area contributed by atoms with Crippen molar-refractivity contribution in [1.29, 1.82) is 5.26 Å². The number of ether oxygens (including phenoxy) is 1. The maximum Gasteiger partial charge on any atom is 0.233 e. The minimum atomic E-state index is 0.175. The Morgan fingerprint density at radius 2 is 1.90 bits per heavy atom. The molecule has 4 rings (SSSR count). The molecule has 29 heavy (non-hydrogen) atoms. The normalized spacial score (nSPS) is 23.8. The number of carbonyl (C=O) groups excluding carboxylic acids is 1. The van der Waals surface area contributed by atoms with Gasteiger partial charge in [-0.25, -0.2) is 4.98 Å². The number of rotatable bonds is 4. The molecule has 0 bridgehead atoms. The lowest BCUT2D eigenvalue weighted by molar-refractivity contribution is -0.136. The first-order valence-corrected chi connectivity index (χ1v) is 10.9. The smallest absolute Gasteiger partial charge is 0.233 e. The molecule has 0 aliphatic carbocycles. The van der Waals surface area contributed by atoms with Gasteiger partial charge in [-0.3, -0.25) is 9.69 Å². The Kier molecular flexibility index (Phi) is 6.19. The van der Waals surface area contributed by atoms with Gasteiger partial charge >= 0.3 is 0 Å². The van der Waals surface area contributed by atoms with Gasteiger partial charge in [0.25, 0.3) is 0 Å². The molecular weight excluding hydrogens is 366 g/mol. The summed E-state index contributed by atoms with van der Waals surface area (Å²) >= 11 is 0. The number of likely N-dealkylation sites (tertiary alicyclic amines) is 2. The maximum absolute atomic E-state index is 12.8. The molecule has 156 valence electrons. The van der Waals surface area contributed by atoms with Crippen molar-refractivity contribution >= 4 is 11.6 Å². The largest absolute Gasteiger partial charge is 0.480 e. The van der Waals surface area contributed by atoms with Crippen LogP contribution < -0.4 is 9.64 Å². The quantitative estimate of drug-likeness (QED) is 0.776. The molecule has 4 heterocycles. The van der Waals surface area contributed by atoms with Gasteiger partial charge < -0.3 is 14.5 Å². The van der Waals surface area contributed by atoms with Crippen LogP contribution in [0.15, 0.2) is 12.3 Å². The lowest BCUT2D eigenvalue weighted by atomic mass is 9.92. The minimum Gasteiger partial charge on any atom is -0.480 e. The van der Waals surface area contributed by atoms with Gasteiger partial charge in [0.05, 0.1) is 18.7 Å². The van der Waals surface area contributed by atoms with Crippen molar-refractivity contribution < 1.29 is 9.53 Å². The van der Waals surface area contributed by atoms with Crippen molar-refractivity contribution in [2.75, 3.05) is 51.3 Å². The molecule has 0 aromatic carbocycles. The number of anilines is 1. The van der Waals surface area contributed by atoms with Gasteiger partial charge in [-0.2, -0.15) is 5.26 Å². The summed E-state index contributed by atoms with van der Waals surface area (Å²) < 4.78 is 5.26. The van der Waals surface area contributed by atoms with E-state index < -0.39 is 0 Å². The van der Waals surface area contributed by atoms with Gasteiger partial charge in [0.2, 0.25) is 11.8 Å². The predicted molar refractivity (Wildman–Crippen MR) is 111 cm³/mol. The molecule has 7 nitrogen and oxygen atoms in total. The van der Waals surface area contributed by atoms with Crippen LogP contribution in [0.1, 0.15) is 44.1 Å². The van der Waals surface area contributed by atoms with Crippen molar-refractivity contribution in [2.45, 2.75) is 44.6 Å². The number of pyridine rings is 1. The highest BCUT2D eigenvalue weighted by Crippen LogP contribution is 2.31. The second-order valence-electron chi connectivity index (χ2n) is 8.41. The average molecular weight is 398 g/mol. The molecule has 0 saturated carbocycles. The summed E-state index contributed by atoms with van der Waals surface area (Å²) in [4.78, 5) is 23.9. The summed E-state index contributed by atoms with van der Waals surface area (Å²) in [6, 6.07) is 4.68. The van der Waals surface area contributed by atoms with Crippen LogP contribution >= 0.6 is 0 Å². The molecule has 7 heteroatoms. The maximum atomic E-state index is 12.8. The molecule has 0 unspecified atom stereocenters. The van der Waals surface area contributed by atoms with E-state index in [9.17, 15) is 10.1 Å². The van der Waals surface area contributed by atoms with Gasteiger partial charge in [-0.15, -0.1) is 0 Å². The van der Waals surface area contributed by atoms with Crippen molar-refractivity contribution in [3.63, 3.8) is 0 Å². The topological polar surface area (TPSA) is 72.7 Å². The van der Waals surface area contributed by atoms with E-state index in [-0.39, 0.29) is 5.92 Å². The van der Waals surface area contributed by atoms with Gasteiger partial charge in [0.1, 0.15) is 11.6 Å². The van der Waals surface area contributed by atoms with Crippen LogP contribution in [-0.2, 0) is 4.79 Å². The fourth-order valence-corrected chi connectivity index (χ4v) is 5.16. The first-order chi connectivity index (χ1) is 14.2. The number of nitrogens with zero attached hydrogens (tertiary/aromatic N) is 5. The number of aromatic nitrogens is 1. The zero-order chi connectivity index (χ0) is 20.2. The Morgan fingerprint density at radius 1 is 1.14 bits per heavy atom. The molecule has 1 atom stereocenters. The van der Waals surface area contributed by atoms with Crippen LogP contribution in [0.25, 0.3) is 0 Å². The number of carbonyl (C=O) groups is 1. The van der Waals surface area contributed by atoms with Crippen LogP contribution in [0.2, 0.25) is 0 Å². The molecule has 3 aliphatic rings. The summed E-state index contributed by atoms with van der Waals surface area (Å²) in [6.07, 6.45) is 8.29. The lowest BCUT2D eigenvalue weighted by Gasteiger charge is -2.43. The van der Waals surface area contributed by atoms with Crippen molar-refractivity contribution in [3.8, 4) is 11.9 Å². The van der Waals surface area contributed by atoms with E-state index in [0.29, 0.717) is 23.4 Å². The van der Waals surface area contributed by atoms with Crippen LogP contribution in [-0.4, -0.2) is 73.1 Å². The van der Waals surface area contributed by atoms with E-state index in [1.807, 2.05) is 6.07 Å². The predicted octanol–water partition coefficient (Wildman–Crippen LogP) is 2.27. The molecular formula is C22H31N5O2. The fraction of sp³-hybridized carbons (Fsp3) is 0.682. The summed E-state index contributed by atoms with van der Waals surface area (Å²) in [5, 5.41) is 9.55. The highest BCUT2D eigenvalue weighted by molar-refractivity contribution is 5.79. The van der Waals surface area contributed by atoms with E-state index >= 15 is 0 Å². The number of piperidine rings is 2. The van der Waals surface area contributed by atoms with Gasteiger partial charge in [-0.1, -0.05) is 0 Å². The van der Waals surface area contributed by atoms with E-state index in [1.54, 1.807) is 13.3 Å². The third-order valence-corrected chi connectivity index (χ3v) is 6.74. The van der Waals surface area contributed by atoms with Crippen LogP contribution in [0.4, 0.5) is 5.69 Å². The molecule has 1 aromatic rings. The Labute approximate surface area is 173 Å². The van der Waals surface area contributed by atoms with Gasteiger partial charge in [0.15, 0.2) is 0 Å². The molecule has 0 N–H and O–H groups in total. The fourth-order valence-electron chi connectivity index (χ4n) is 5.16. The number of methoxy groups -OCH3 is 1. The molecule has 0 spiro atoms. The average Bonchev–Trinajstić information content (AvgIpc) is 3.33. The molecule has 3 fully saturated rings. The number of amides is 1. The van der Waals surface area contributed by atoms with Crippen molar-refractivity contribution in [2.24, 2.45) is 5.92 Å². The molecule has 1 amide bonds. The SMILES string of the molecule is COc1nccc(N2CCC(N3CCC[C@@H](C(=O)N4CCCC4)C3)CC2)c1C#N. The third-order valence-electron chi connectivity index (χ3n) is 6.74. The lowest BCUT2D eigenvalue weighted by Crippen LogP contribution is -2.51. The first-order valence-electron chi connectivity index (χ1n) is 10.9. The van der Waals surface area contributed by atoms with E-state index in [0.717, 1.165) is 83.5 Å². The van der Waals surface area contributed by atoms with Gasteiger partial charge in [-0.05, 0) is 51.1 Å². The number of hydrogen-bond acceptors (Lipinski definition) is 6. The van der Waals surface area contributed by atoms with Crippen LogP contribution in [0.5, 0.6) is 5.88 Å². The Morgan fingerprint density at radius 3 is 2.59 bits per heavy atom. The van der Waals surface area contributed by atoms with Crippen molar-refractivity contribution in [3.05, 3.63) is 17.8 Å². The standard InChI is InChI=1S/C22H31N5O2/c1-29-21-19(15-23)20(6-9-24-21)25-13-7-18(8-14-25)27-12-4-5-17(16-27)22(28)26-10-2-3-11-26/h6,9,17-18H,2-5,7-8,10-14,16H2,1H3/t17-/m1/s1. The molecule has 3 saturated heterocycles. The molecule has 3 aliphatic heterocycles. The highest BCUT2D eigenvalue weighted by Gasteiger charge is 2.34. The number of hydrogen-bond donors (Lipinski definition) is 0. The van der Waals surface area contributed by atoms with Gasteiger partial charge in [0, 0.05) is 45.0 Å². The zero-order valence-corrected chi connectivity index (χ0v) is 17.3. The van der Waals surface area contributed by atoms with Crippen LogP contribution in [0.3, 0.4) is 0 Å². The Bertz CT molecular complexity index is 763. The molecule has 0 radical (unpaired) electrons. The summed E-state index contributed by atoms with van der Waals surface area (Å²) in [6.45, 7) is 5.73. The summed E-state index contributed by atoms with van der Waals surface area (Å²) in [5.74, 6) is 0.952. The van der Waals surface area contributed by atoms with E-state index in [1.165, 1.54) is 0 Å². The minimum absolute atomic E-state index is 0.175. The summed E-state index contributed by atoms with van der Waals surface area (Å²) in [5.41, 5.74) is 1.43. The van der Waals surface area contributed by atoms with Crippen LogP contribution in [0, 0.1) is 17.2 Å². The van der Waals surface area contributed by atoms with Crippen molar-refractivity contribution in [1.82, 2.24) is 14.8 Å². The second-order valence-corrected chi connectivity index (χ2v) is 8.41. The first kappa shape index (κ1) is 20.0. The highest BCUT2D eigenvalue weighted by atomic mass is 16.5. The van der Waals surface area contributed by atoms with E-state index in [4.69, 9.17) is 4.74 Å². The molecule has 1 aromatic heterocycles. The van der Waals surface area contributed by atoms with E-state index in [2.05, 4.69) is 25.8 Å². The second kappa shape index (κ2) is 9.00. The third kappa shape index (κ3) is 4.18. The monoisotopic (exact) mass is 397 g/mol. The Balaban J connectivity index is 1.36.